The smallest absolute Gasteiger partial charge is 0.123 e. The number of unbranched alkanes of at least 4 members (excludes halogenated alkanes) is 1. The molecule has 0 aliphatic carbocycles. The van der Waals surface area contributed by atoms with E-state index >= 15 is 0 Å². The summed E-state index contributed by atoms with van der Waals surface area (Å²) in [5.74, 6) is -0.138. The van der Waals surface area contributed by atoms with E-state index in [9.17, 15) is 4.39 Å². The van der Waals surface area contributed by atoms with Crippen molar-refractivity contribution in [2.45, 2.75) is 26.3 Å². The van der Waals surface area contributed by atoms with Crippen molar-refractivity contribution in [3.63, 3.8) is 0 Å². The van der Waals surface area contributed by atoms with E-state index in [1.807, 2.05) is 6.07 Å². The van der Waals surface area contributed by atoms with E-state index in [0.29, 0.717) is 0 Å². The maximum absolute atomic E-state index is 12.7. The zero-order valence-electron chi connectivity index (χ0n) is 8.47. The summed E-state index contributed by atoms with van der Waals surface area (Å²) >= 11 is 0. The third kappa shape index (κ3) is 5.20. The van der Waals surface area contributed by atoms with Crippen LogP contribution in [0, 0.1) is 5.82 Å². The van der Waals surface area contributed by atoms with Gasteiger partial charge in [0.25, 0.3) is 0 Å². The Bertz CT molecular complexity index is 253. The molecule has 0 amide bonds. The summed E-state index contributed by atoms with van der Waals surface area (Å²) in [6.07, 6.45) is 2.45. The fraction of sp³-hybridized carbons (Fsp3) is 0.455. The molecule has 14 heavy (non-hydrogen) atoms. The predicted octanol–water partition coefficient (Wildman–Crippen LogP) is -1.31. The molecule has 1 aromatic carbocycles. The Balaban J connectivity index is 0.00000169. The van der Waals surface area contributed by atoms with Crippen LogP contribution in [0.1, 0.15) is 25.3 Å². The van der Waals surface area contributed by atoms with Gasteiger partial charge in [0, 0.05) is 5.56 Å². The summed E-state index contributed by atoms with van der Waals surface area (Å²) < 4.78 is 12.7. The van der Waals surface area contributed by atoms with E-state index in [1.165, 1.54) is 18.9 Å². The molecule has 0 saturated carbocycles. The Hall–Kier alpha value is -0.600. The monoisotopic (exact) mass is 217 g/mol. The first kappa shape index (κ1) is 13.4. The lowest BCUT2D eigenvalue weighted by atomic mass is 10.2. The molecule has 1 rings (SSSR count). The highest BCUT2D eigenvalue weighted by molar-refractivity contribution is 5.14. The summed E-state index contributed by atoms with van der Waals surface area (Å²) in [7, 11) is 0. The Morgan fingerprint density at radius 1 is 1.36 bits per heavy atom. The van der Waals surface area contributed by atoms with Gasteiger partial charge in [0.1, 0.15) is 12.4 Å². The lowest BCUT2D eigenvalue weighted by Crippen LogP contribution is -3.00. The van der Waals surface area contributed by atoms with Crippen molar-refractivity contribution >= 4 is 0 Å². The first-order valence-corrected chi connectivity index (χ1v) is 4.89. The number of hydrogen-bond acceptors (Lipinski definition) is 0. The predicted molar refractivity (Wildman–Crippen MR) is 51.8 cm³/mol. The Morgan fingerprint density at radius 2 is 2.14 bits per heavy atom. The first-order valence-electron chi connectivity index (χ1n) is 4.89. The van der Waals surface area contributed by atoms with Gasteiger partial charge >= 0.3 is 0 Å². The lowest BCUT2D eigenvalue weighted by Gasteiger charge is -2.00. The van der Waals surface area contributed by atoms with Gasteiger partial charge in [-0.05, 0) is 18.6 Å². The normalized spacial score (nSPS) is 9.57. The second-order valence-corrected chi connectivity index (χ2v) is 3.26. The van der Waals surface area contributed by atoms with Crippen molar-refractivity contribution in [1.29, 1.82) is 0 Å². The molecule has 0 unspecified atom stereocenters. The average Bonchev–Trinajstić information content (AvgIpc) is 2.13. The van der Waals surface area contributed by atoms with E-state index in [2.05, 4.69) is 12.2 Å². The molecule has 1 aromatic rings. The van der Waals surface area contributed by atoms with Gasteiger partial charge in [-0.2, -0.15) is 0 Å². The third-order valence-electron chi connectivity index (χ3n) is 2.03. The van der Waals surface area contributed by atoms with Crippen molar-refractivity contribution < 1.29 is 22.1 Å². The molecule has 2 N–H and O–H groups in total. The fourth-order valence-corrected chi connectivity index (χ4v) is 1.28. The quantitative estimate of drug-likeness (QED) is 0.591. The molecule has 0 aliphatic rings. The molecule has 0 atom stereocenters. The van der Waals surface area contributed by atoms with Crippen LogP contribution in [0.25, 0.3) is 0 Å². The molecule has 3 heteroatoms. The van der Waals surface area contributed by atoms with E-state index in [0.717, 1.165) is 18.7 Å². The summed E-state index contributed by atoms with van der Waals surface area (Å²) in [6.45, 7) is 4.20. The summed E-state index contributed by atoms with van der Waals surface area (Å²) in [5, 5.41) is 2.22. The zero-order chi connectivity index (χ0) is 9.52. The SMILES string of the molecule is CCCC[NH2+]Cc1cccc(F)c1.[Cl-]. The number of halogens is 2. The van der Waals surface area contributed by atoms with E-state index in [4.69, 9.17) is 0 Å². The van der Waals surface area contributed by atoms with Crippen molar-refractivity contribution in [2.75, 3.05) is 6.54 Å². The van der Waals surface area contributed by atoms with Crippen LogP contribution in [0.4, 0.5) is 4.39 Å². The molecule has 0 heterocycles. The fourth-order valence-electron chi connectivity index (χ4n) is 1.28. The minimum atomic E-state index is -0.138. The van der Waals surface area contributed by atoms with Crippen molar-refractivity contribution in [2.24, 2.45) is 0 Å². The highest BCUT2D eigenvalue weighted by atomic mass is 35.5. The van der Waals surface area contributed by atoms with Gasteiger partial charge in [0.2, 0.25) is 0 Å². The maximum atomic E-state index is 12.7. The van der Waals surface area contributed by atoms with E-state index < -0.39 is 0 Å². The standard InChI is InChI=1S/C11H16FN.ClH/c1-2-3-7-13-9-10-5-4-6-11(12)8-10;/h4-6,8,13H,2-3,7,9H2,1H3;1H. The molecule has 0 aromatic heterocycles. The largest absolute Gasteiger partial charge is 1.00 e. The van der Waals surface area contributed by atoms with Crippen LogP contribution < -0.4 is 17.7 Å². The van der Waals surface area contributed by atoms with Gasteiger partial charge in [0.15, 0.2) is 0 Å². The molecule has 0 fully saturated rings. The van der Waals surface area contributed by atoms with Crippen LogP contribution in [0.5, 0.6) is 0 Å². The van der Waals surface area contributed by atoms with Crippen LogP contribution in [-0.4, -0.2) is 6.54 Å². The van der Waals surface area contributed by atoms with Gasteiger partial charge in [-0.25, -0.2) is 4.39 Å². The second-order valence-electron chi connectivity index (χ2n) is 3.26. The molecule has 0 saturated heterocycles. The Labute approximate surface area is 91.1 Å². The van der Waals surface area contributed by atoms with Crippen LogP contribution in [-0.2, 0) is 6.54 Å². The Morgan fingerprint density at radius 3 is 2.79 bits per heavy atom. The average molecular weight is 218 g/mol. The van der Waals surface area contributed by atoms with Crippen LogP contribution in [0.3, 0.4) is 0 Å². The number of nitrogens with two attached hydrogens (primary N) is 1. The van der Waals surface area contributed by atoms with Gasteiger partial charge in [-0.3, -0.25) is 0 Å². The van der Waals surface area contributed by atoms with Gasteiger partial charge in [0.05, 0.1) is 6.54 Å². The summed E-state index contributed by atoms with van der Waals surface area (Å²) in [4.78, 5) is 0. The number of rotatable bonds is 5. The van der Waals surface area contributed by atoms with Crippen LogP contribution in [0.2, 0.25) is 0 Å². The molecule has 0 bridgehead atoms. The van der Waals surface area contributed by atoms with Gasteiger partial charge in [-0.1, -0.05) is 25.5 Å². The zero-order valence-corrected chi connectivity index (χ0v) is 9.23. The Kier molecular flexibility index (Phi) is 7.44. The highest BCUT2D eigenvalue weighted by Gasteiger charge is 1.96. The summed E-state index contributed by atoms with van der Waals surface area (Å²) in [5.41, 5.74) is 1.07. The van der Waals surface area contributed by atoms with Gasteiger partial charge < -0.3 is 17.7 Å². The molecular formula is C11H17ClFN. The molecule has 1 nitrogen and oxygen atoms in total. The molecular weight excluding hydrogens is 201 g/mol. The maximum Gasteiger partial charge on any atom is 0.123 e. The van der Waals surface area contributed by atoms with Gasteiger partial charge in [-0.15, -0.1) is 0 Å². The van der Waals surface area contributed by atoms with Crippen molar-refractivity contribution in [3.8, 4) is 0 Å². The minimum Gasteiger partial charge on any atom is -1.00 e. The first-order chi connectivity index (χ1) is 6.33. The topological polar surface area (TPSA) is 16.6 Å². The molecule has 0 aliphatic heterocycles. The lowest BCUT2D eigenvalue weighted by molar-refractivity contribution is -0.670. The number of quaternary nitrogens is 1. The third-order valence-corrected chi connectivity index (χ3v) is 2.03. The number of benzene rings is 1. The van der Waals surface area contributed by atoms with E-state index in [1.54, 1.807) is 12.1 Å². The number of hydrogen-bond donors (Lipinski definition) is 1. The van der Waals surface area contributed by atoms with Crippen LogP contribution >= 0.6 is 0 Å². The minimum absolute atomic E-state index is 0. The molecule has 80 valence electrons. The van der Waals surface area contributed by atoms with Crippen molar-refractivity contribution in [1.82, 2.24) is 0 Å². The summed E-state index contributed by atoms with van der Waals surface area (Å²) in [6, 6.07) is 6.81. The van der Waals surface area contributed by atoms with Crippen molar-refractivity contribution in [3.05, 3.63) is 35.6 Å². The van der Waals surface area contributed by atoms with E-state index in [-0.39, 0.29) is 18.2 Å². The highest BCUT2D eigenvalue weighted by Crippen LogP contribution is 2.00. The van der Waals surface area contributed by atoms with Crippen LogP contribution in [0.15, 0.2) is 24.3 Å². The second kappa shape index (κ2) is 7.77. The molecule has 0 spiro atoms. The molecule has 0 radical (unpaired) electrons.